The van der Waals surface area contributed by atoms with Crippen molar-refractivity contribution in [3.05, 3.63) is 90.3 Å². The molecule has 0 saturated carbocycles. The van der Waals surface area contributed by atoms with Crippen LogP contribution in [-0.2, 0) is 11.2 Å². The Hall–Kier alpha value is -3.38. The van der Waals surface area contributed by atoms with Gasteiger partial charge in [0.15, 0.2) is 0 Å². The Morgan fingerprint density at radius 2 is 1.70 bits per heavy atom. The molecule has 0 aliphatic rings. The molecule has 4 aromatic rings. The summed E-state index contributed by atoms with van der Waals surface area (Å²) in [7, 11) is 0. The van der Waals surface area contributed by atoms with E-state index in [4.69, 9.17) is 4.52 Å². The van der Waals surface area contributed by atoms with E-state index in [0.29, 0.717) is 18.1 Å². The second-order valence-corrected chi connectivity index (χ2v) is 7.90. The van der Waals surface area contributed by atoms with Crippen molar-refractivity contribution in [3.8, 4) is 11.4 Å². The number of aryl methyl sites for hydroxylation is 2. The van der Waals surface area contributed by atoms with Crippen LogP contribution in [0.15, 0.2) is 93.2 Å². The number of anilines is 1. The number of carbonyl (C=O) groups excluding carboxylic acids is 1. The Labute approximate surface area is 179 Å². The average Bonchev–Trinajstić information content (AvgIpc) is 3.24. The summed E-state index contributed by atoms with van der Waals surface area (Å²) in [5.74, 6) is 0.912. The van der Waals surface area contributed by atoms with Crippen LogP contribution in [0.25, 0.3) is 11.4 Å². The molecular formula is C24H21N3O2S. The third-order valence-corrected chi connectivity index (χ3v) is 5.64. The molecule has 150 valence electrons. The van der Waals surface area contributed by atoms with Gasteiger partial charge in [0.2, 0.25) is 17.6 Å². The van der Waals surface area contributed by atoms with Crippen LogP contribution < -0.4 is 5.32 Å². The minimum atomic E-state index is -0.0910. The highest BCUT2D eigenvalue weighted by Crippen LogP contribution is 2.33. The molecule has 4 rings (SSSR count). The lowest BCUT2D eigenvalue weighted by Crippen LogP contribution is -2.13. The van der Waals surface area contributed by atoms with Crippen molar-refractivity contribution in [1.29, 1.82) is 0 Å². The second kappa shape index (κ2) is 9.41. The van der Waals surface area contributed by atoms with Crippen molar-refractivity contribution in [2.75, 3.05) is 5.32 Å². The van der Waals surface area contributed by atoms with Crippen LogP contribution in [0.1, 0.15) is 17.9 Å². The molecule has 0 unspecified atom stereocenters. The maximum Gasteiger partial charge on any atom is 0.227 e. The van der Waals surface area contributed by atoms with Crippen LogP contribution in [0, 0.1) is 6.92 Å². The Bertz CT molecular complexity index is 1140. The molecule has 1 heterocycles. The summed E-state index contributed by atoms with van der Waals surface area (Å²) in [6.07, 6.45) is 0.651. The zero-order valence-electron chi connectivity index (χ0n) is 16.5. The second-order valence-electron chi connectivity index (χ2n) is 6.79. The van der Waals surface area contributed by atoms with Crippen LogP contribution in [-0.4, -0.2) is 16.0 Å². The molecule has 0 saturated heterocycles. The lowest BCUT2D eigenvalue weighted by Gasteiger charge is -2.10. The number of nitrogens with zero attached hydrogens (tertiary/aromatic N) is 2. The van der Waals surface area contributed by atoms with E-state index in [2.05, 4.69) is 15.5 Å². The van der Waals surface area contributed by atoms with E-state index in [1.54, 1.807) is 11.8 Å². The first-order valence-electron chi connectivity index (χ1n) is 9.69. The normalized spacial score (nSPS) is 10.7. The predicted octanol–water partition coefficient (Wildman–Crippen LogP) is 5.77. The van der Waals surface area contributed by atoms with E-state index >= 15 is 0 Å². The van der Waals surface area contributed by atoms with Gasteiger partial charge in [-0.3, -0.25) is 4.79 Å². The fraction of sp³-hybridized carbons (Fsp3) is 0.125. The molecule has 6 heteroatoms. The predicted molar refractivity (Wildman–Crippen MR) is 118 cm³/mol. The quantitative estimate of drug-likeness (QED) is 0.415. The molecule has 1 amide bonds. The molecule has 0 bridgehead atoms. The van der Waals surface area contributed by atoms with Crippen molar-refractivity contribution < 1.29 is 9.32 Å². The highest BCUT2D eigenvalue weighted by Gasteiger charge is 2.13. The Kier molecular flexibility index (Phi) is 6.25. The number of hydrogen-bond donors (Lipinski definition) is 1. The van der Waals surface area contributed by atoms with E-state index in [0.717, 1.165) is 26.6 Å². The third kappa shape index (κ3) is 4.96. The number of benzene rings is 3. The van der Waals surface area contributed by atoms with Crippen molar-refractivity contribution in [2.45, 2.75) is 29.6 Å². The van der Waals surface area contributed by atoms with Gasteiger partial charge in [-0.15, -0.1) is 0 Å². The van der Waals surface area contributed by atoms with Crippen molar-refractivity contribution in [1.82, 2.24) is 10.1 Å². The van der Waals surface area contributed by atoms with E-state index in [9.17, 15) is 4.79 Å². The maximum absolute atomic E-state index is 12.5. The fourth-order valence-electron chi connectivity index (χ4n) is 3.00. The Morgan fingerprint density at radius 1 is 0.967 bits per heavy atom. The number of aromatic nitrogens is 2. The van der Waals surface area contributed by atoms with Gasteiger partial charge in [0, 0.05) is 28.2 Å². The zero-order valence-corrected chi connectivity index (χ0v) is 17.4. The van der Waals surface area contributed by atoms with Crippen LogP contribution in [0.4, 0.5) is 5.69 Å². The monoisotopic (exact) mass is 415 g/mol. The molecule has 1 aromatic heterocycles. The first-order chi connectivity index (χ1) is 14.7. The first kappa shape index (κ1) is 19.9. The zero-order chi connectivity index (χ0) is 20.8. The van der Waals surface area contributed by atoms with Gasteiger partial charge in [-0.25, -0.2) is 0 Å². The van der Waals surface area contributed by atoms with Crippen molar-refractivity contribution >= 4 is 23.4 Å². The minimum Gasteiger partial charge on any atom is -0.339 e. The molecule has 0 spiro atoms. The highest BCUT2D eigenvalue weighted by atomic mass is 32.2. The molecule has 0 fully saturated rings. The molecule has 5 nitrogen and oxygen atoms in total. The fourth-order valence-corrected chi connectivity index (χ4v) is 3.92. The largest absolute Gasteiger partial charge is 0.339 e. The molecular weight excluding hydrogens is 394 g/mol. The average molecular weight is 416 g/mol. The number of amides is 1. The first-order valence-corrected chi connectivity index (χ1v) is 10.5. The molecule has 0 atom stereocenters. The number of nitrogens with one attached hydrogen (secondary N) is 1. The van der Waals surface area contributed by atoms with Crippen LogP contribution >= 0.6 is 11.8 Å². The summed E-state index contributed by atoms with van der Waals surface area (Å²) in [5.41, 5.74) is 2.81. The summed E-state index contributed by atoms with van der Waals surface area (Å²) in [6.45, 7) is 2.00. The molecule has 3 aromatic carbocycles. The van der Waals surface area contributed by atoms with Gasteiger partial charge in [0.1, 0.15) is 0 Å². The van der Waals surface area contributed by atoms with Crippen molar-refractivity contribution in [2.24, 2.45) is 0 Å². The highest BCUT2D eigenvalue weighted by molar-refractivity contribution is 7.99. The van der Waals surface area contributed by atoms with Gasteiger partial charge in [0.05, 0.1) is 5.69 Å². The third-order valence-electron chi connectivity index (χ3n) is 4.55. The van der Waals surface area contributed by atoms with Gasteiger partial charge in [-0.2, -0.15) is 4.98 Å². The van der Waals surface area contributed by atoms with Gasteiger partial charge < -0.3 is 9.84 Å². The summed E-state index contributed by atoms with van der Waals surface area (Å²) in [5, 5.41) is 7.05. The Balaban J connectivity index is 1.38. The number of carbonyl (C=O) groups is 1. The van der Waals surface area contributed by atoms with E-state index < -0.39 is 0 Å². The van der Waals surface area contributed by atoms with E-state index in [1.165, 1.54) is 0 Å². The lowest BCUT2D eigenvalue weighted by atomic mass is 10.1. The molecule has 0 radical (unpaired) electrons. The minimum absolute atomic E-state index is 0.0910. The Morgan fingerprint density at radius 3 is 2.53 bits per heavy atom. The smallest absolute Gasteiger partial charge is 0.227 e. The number of hydrogen-bond acceptors (Lipinski definition) is 5. The molecule has 30 heavy (non-hydrogen) atoms. The number of rotatable bonds is 7. The van der Waals surface area contributed by atoms with Crippen LogP contribution in [0.2, 0.25) is 0 Å². The van der Waals surface area contributed by atoms with Gasteiger partial charge >= 0.3 is 0 Å². The van der Waals surface area contributed by atoms with E-state index in [-0.39, 0.29) is 12.3 Å². The maximum atomic E-state index is 12.5. The summed E-state index contributed by atoms with van der Waals surface area (Å²) in [4.78, 5) is 19.1. The summed E-state index contributed by atoms with van der Waals surface area (Å²) in [6, 6.07) is 25.7. The van der Waals surface area contributed by atoms with Crippen LogP contribution in [0.3, 0.4) is 0 Å². The SMILES string of the molecule is Cc1ccccc1-c1noc(CCC(=O)Nc2ccccc2Sc2ccccc2)n1. The summed E-state index contributed by atoms with van der Waals surface area (Å²) >= 11 is 1.62. The standard InChI is InChI=1S/C24H21N3O2S/c1-17-9-5-6-12-19(17)24-26-23(29-27-24)16-15-22(28)25-20-13-7-8-14-21(20)30-18-10-3-2-4-11-18/h2-14H,15-16H2,1H3,(H,25,28). The van der Waals surface area contributed by atoms with Gasteiger partial charge in [-0.05, 0) is 36.8 Å². The lowest BCUT2D eigenvalue weighted by molar-refractivity contribution is -0.116. The van der Waals surface area contributed by atoms with Crippen LogP contribution in [0.5, 0.6) is 0 Å². The molecule has 0 aliphatic carbocycles. The van der Waals surface area contributed by atoms with Crippen molar-refractivity contribution in [3.63, 3.8) is 0 Å². The number of para-hydroxylation sites is 1. The van der Waals surface area contributed by atoms with E-state index in [1.807, 2.05) is 85.8 Å². The molecule has 0 aliphatic heterocycles. The topological polar surface area (TPSA) is 68.0 Å². The molecule has 1 N–H and O–H groups in total. The van der Waals surface area contributed by atoms with Gasteiger partial charge in [0.25, 0.3) is 0 Å². The van der Waals surface area contributed by atoms with Gasteiger partial charge in [-0.1, -0.05) is 71.5 Å². The summed E-state index contributed by atoms with van der Waals surface area (Å²) < 4.78 is 5.33.